The number of nitrogens with zero attached hydrogens (tertiary/aromatic N) is 4. The lowest BCUT2D eigenvalue weighted by atomic mass is 10.1. The lowest BCUT2D eigenvalue weighted by molar-refractivity contribution is 0.0763. The van der Waals surface area contributed by atoms with Crippen molar-refractivity contribution < 1.29 is 14.3 Å². The average Bonchev–Trinajstić information content (AvgIpc) is 3.13. The average molecular weight is 439 g/mol. The van der Waals surface area contributed by atoms with E-state index in [1.54, 1.807) is 32.4 Å². The fourth-order valence-corrected chi connectivity index (χ4v) is 4.42. The second-order valence-electron chi connectivity index (χ2n) is 7.35. The van der Waals surface area contributed by atoms with Crippen LogP contribution in [0, 0.1) is 0 Å². The number of hydrogen-bond acceptors (Lipinski definition) is 7. The van der Waals surface area contributed by atoms with Gasteiger partial charge in [0, 0.05) is 50.2 Å². The van der Waals surface area contributed by atoms with E-state index >= 15 is 0 Å². The summed E-state index contributed by atoms with van der Waals surface area (Å²) in [7, 11) is 3.16. The SMILES string of the molecule is COc1ccc(C(=O)N2CCCN(c3nc(Cc4ccccc4)ns3)CC2)c(OC)c1. The molecule has 0 radical (unpaired) electrons. The molecule has 0 aliphatic carbocycles. The first-order chi connectivity index (χ1) is 15.2. The molecule has 162 valence electrons. The molecule has 2 heterocycles. The van der Waals surface area contributed by atoms with Crippen LogP contribution in [0.15, 0.2) is 48.5 Å². The summed E-state index contributed by atoms with van der Waals surface area (Å²) in [6.07, 6.45) is 1.60. The molecular formula is C23H26N4O3S. The van der Waals surface area contributed by atoms with Crippen molar-refractivity contribution in [3.05, 3.63) is 65.5 Å². The summed E-state index contributed by atoms with van der Waals surface area (Å²) in [6.45, 7) is 2.90. The first-order valence-electron chi connectivity index (χ1n) is 10.3. The molecule has 3 aromatic rings. The van der Waals surface area contributed by atoms with E-state index in [-0.39, 0.29) is 5.91 Å². The molecule has 0 unspecified atom stereocenters. The minimum absolute atomic E-state index is 0.0246. The van der Waals surface area contributed by atoms with E-state index in [2.05, 4.69) is 21.4 Å². The summed E-state index contributed by atoms with van der Waals surface area (Å²) >= 11 is 1.43. The molecule has 7 nitrogen and oxygen atoms in total. The van der Waals surface area contributed by atoms with Gasteiger partial charge in [-0.15, -0.1) is 0 Å². The molecule has 1 aromatic heterocycles. The maximum Gasteiger partial charge on any atom is 0.257 e. The Balaban J connectivity index is 1.41. The van der Waals surface area contributed by atoms with Gasteiger partial charge in [0.2, 0.25) is 5.13 Å². The number of benzene rings is 2. The van der Waals surface area contributed by atoms with Crippen molar-refractivity contribution in [3.63, 3.8) is 0 Å². The van der Waals surface area contributed by atoms with Crippen LogP contribution >= 0.6 is 11.5 Å². The molecule has 1 fully saturated rings. The number of methoxy groups -OCH3 is 2. The van der Waals surface area contributed by atoms with Crippen molar-refractivity contribution >= 4 is 22.6 Å². The molecule has 1 amide bonds. The van der Waals surface area contributed by atoms with Gasteiger partial charge in [-0.25, -0.2) is 4.98 Å². The number of aromatic nitrogens is 2. The van der Waals surface area contributed by atoms with Crippen LogP contribution in [-0.2, 0) is 6.42 Å². The van der Waals surface area contributed by atoms with Gasteiger partial charge in [-0.2, -0.15) is 4.37 Å². The van der Waals surface area contributed by atoms with Gasteiger partial charge in [0.15, 0.2) is 0 Å². The fraction of sp³-hybridized carbons (Fsp3) is 0.348. The summed E-state index contributed by atoms with van der Waals surface area (Å²) in [4.78, 5) is 22.0. The topological polar surface area (TPSA) is 67.8 Å². The van der Waals surface area contributed by atoms with Gasteiger partial charge in [-0.05, 0) is 24.1 Å². The number of ether oxygens (including phenoxy) is 2. The maximum atomic E-state index is 13.1. The van der Waals surface area contributed by atoms with E-state index in [0.29, 0.717) is 30.2 Å². The van der Waals surface area contributed by atoms with Crippen LogP contribution < -0.4 is 14.4 Å². The summed E-state index contributed by atoms with van der Waals surface area (Å²) in [5.74, 6) is 2.01. The van der Waals surface area contributed by atoms with Crippen LogP contribution in [0.5, 0.6) is 11.5 Å². The second-order valence-corrected chi connectivity index (χ2v) is 8.08. The number of hydrogen-bond donors (Lipinski definition) is 0. The Bertz CT molecular complexity index is 1020. The summed E-state index contributed by atoms with van der Waals surface area (Å²) in [6, 6.07) is 15.5. The number of carbonyl (C=O) groups excluding carboxylic acids is 1. The Hall–Kier alpha value is -3.13. The third kappa shape index (κ3) is 4.96. The minimum Gasteiger partial charge on any atom is -0.497 e. The van der Waals surface area contributed by atoms with Crippen LogP contribution in [-0.4, -0.2) is 60.6 Å². The van der Waals surface area contributed by atoms with E-state index in [1.807, 2.05) is 23.1 Å². The van der Waals surface area contributed by atoms with E-state index in [1.165, 1.54) is 17.1 Å². The van der Waals surface area contributed by atoms with Crippen LogP contribution in [0.4, 0.5) is 5.13 Å². The molecule has 0 spiro atoms. The lowest BCUT2D eigenvalue weighted by Crippen LogP contribution is -2.35. The Kier molecular flexibility index (Phi) is 6.66. The molecule has 8 heteroatoms. The third-order valence-electron chi connectivity index (χ3n) is 5.36. The fourth-order valence-electron chi connectivity index (χ4n) is 3.68. The van der Waals surface area contributed by atoms with Crippen LogP contribution in [0.3, 0.4) is 0 Å². The standard InChI is InChI=1S/C23H26N4O3S/c1-29-18-9-10-19(20(16-18)30-2)22(28)26-11-6-12-27(14-13-26)23-24-21(25-31-23)15-17-7-4-3-5-8-17/h3-5,7-10,16H,6,11-15H2,1-2H3. The second kappa shape index (κ2) is 9.78. The minimum atomic E-state index is -0.0246. The van der Waals surface area contributed by atoms with Crippen LogP contribution in [0.1, 0.15) is 28.2 Å². The highest BCUT2D eigenvalue weighted by Crippen LogP contribution is 2.27. The zero-order valence-corrected chi connectivity index (χ0v) is 18.6. The van der Waals surface area contributed by atoms with Crippen LogP contribution in [0.25, 0.3) is 0 Å². The first kappa shape index (κ1) is 21.1. The zero-order valence-electron chi connectivity index (χ0n) is 17.8. The van der Waals surface area contributed by atoms with Crippen molar-refractivity contribution in [2.75, 3.05) is 45.3 Å². The molecule has 0 saturated carbocycles. The Morgan fingerprint density at radius 2 is 1.87 bits per heavy atom. The van der Waals surface area contributed by atoms with Crippen molar-refractivity contribution in [1.29, 1.82) is 0 Å². The van der Waals surface area contributed by atoms with Crippen molar-refractivity contribution in [2.24, 2.45) is 0 Å². The summed E-state index contributed by atoms with van der Waals surface area (Å²) in [5, 5.41) is 0.919. The molecule has 0 N–H and O–H groups in total. The molecule has 1 saturated heterocycles. The largest absolute Gasteiger partial charge is 0.497 e. The first-order valence-corrected chi connectivity index (χ1v) is 11.1. The number of carbonyl (C=O) groups is 1. The number of rotatable bonds is 6. The van der Waals surface area contributed by atoms with E-state index in [4.69, 9.17) is 14.5 Å². The molecule has 31 heavy (non-hydrogen) atoms. The molecule has 0 bridgehead atoms. The van der Waals surface area contributed by atoms with E-state index in [9.17, 15) is 4.79 Å². The Labute approximate surface area is 186 Å². The van der Waals surface area contributed by atoms with E-state index in [0.717, 1.165) is 36.9 Å². The summed E-state index contributed by atoms with van der Waals surface area (Å²) in [5.41, 5.74) is 1.76. The van der Waals surface area contributed by atoms with Crippen molar-refractivity contribution in [3.8, 4) is 11.5 Å². The summed E-state index contributed by atoms with van der Waals surface area (Å²) < 4.78 is 15.2. The monoisotopic (exact) mass is 438 g/mol. The predicted octanol–water partition coefficient (Wildman–Crippen LogP) is 3.50. The van der Waals surface area contributed by atoms with Crippen LogP contribution in [0.2, 0.25) is 0 Å². The van der Waals surface area contributed by atoms with E-state index < -0.39 is 0 Å². The van der Waals surface area contributed by atoms with Gasteiger partial charge in [0.1, 0.15) is 17.3 Å². The highest BCUT2D eigenvalue weighted by atomic mass is 32.1. The smallest absolute Gasteiger partial charge is 0.257 e. The predicted molar refractivity (Wildman–Crippen MR) is 121 cm³/mol. The molecule has 1 aliphatic rings. The molecule has 4 rings (SSSR count). The quantitative estimate of drug-likeness (QED) is 0.587. The number of anilines is 1. The maximum absolute atomic E-state index is 13.1. The highest BCUT2D eigenvalue weighted by Gasteiger charge is 2.24. The lowest BCUT2D eigenvalue weighted by Gasteiger charge is -2.22. The number of amides is 1. The third-order valence-corrected chi connectivity index (χ3v) is 6.17. The molecule has 1 aliphatic heterocycles. The Morgan fingerprint density at radius 3 is 2.65 bits per heavy atom. The van der Waals surface area contributed by atoms with Gasteiger partial charge in [0.05, 0.1) is 19.8 Å². The normalized spacial score (nSPS) is 14.3. The zero-order chi connectivity index (χ0) is 21.6. The van der Waals surface area contributed by atoms with Crippen molar-refractivity contribution in [1.82, 2.24) is 14.3 Å². The highest BCUT2D eigenvalue weighted by molar-refractivity contribution is 7.09. The van der Waals surface area contributed by atoms with Gasteiger partial charge in [0.25, 0.3) is 5.91 Å². The van der Waals surface area contributed by atoms with Crippen molar-refractivity contribution in [2.45, 2.75) is 12.8 Å². The van der Waals surface area contributed by atoms with Gasteiger partial charge in [-0.3, -0.25) is 4.79 Å². The van der Waals surface area contributed by atoms with Gasteiger partial charge in [-0.1, -0.05) is 30.3 Å². The Morgan fingerprint density at radius 1 is 1.03 bits per heavy atom. The molecule has 0 atom stereocenters. The van der Waals surface area contributed by atoms with Gasteiger partial charge < -0.3 is 19.3 Å². The molecule has 2 aromatic carbocycles. The molecular weight excluding hydrogens is 412 g/mol. The van der Waals surface area contributed by atoms with Gasteiger partial charge >= 0.3 is 0 Å².